The van der Waals surface area contributed by atoms with Crippen LogP contribution in [0.25, 0.3) is 0 Å². The summed E-state index contributed by atoms with van der Waals surface area (Å²) in [5.41, 5.74) is 0. The summed E-state index contributed by atoms with van der Waals surface area (Å²) in [6, 6.07) is 0. The molecule has 0 saturated heterocycles. The molecule has 6 heteroatoms. The molecule has 0 fully saturated rings. The molecule has 0 heterocycles. The van der Waals surface area contributed by atoms with Crippen molar-refractivity contribution in [3.05, 3.63) is 24.3 Å². The lowest BCUT2D eigenvalue weighted by Gasteiger charge is -2.18. The number of allylic oxidation sites excluding steroid dienone is 4. The number of carbonyl (C=O) groups is 3. The number of hydrogen-bond acceptors (Lipinski definition) is 6. The van der Waals surface area contributed by atoms with E-state index in [1.807, 2.05) is 0 Å². The molecular weight excluding hydrogens is 901 g/mol. The zero-order valence-electron chi connectivity index (χ0n) is 49.4. The minimum absolute atomic E-state index is 0.0691. The first kappa shape index (κ1) is 70.9. The van der Waals surface area contributed by atoms with Gasteiger partial charge in [0.1, 0.15) is 13.2 Å². The molecule has 1 atom stereocenters. The van der Waals surface area contributed by atoms with Gasteiger partial charge >= 0.3 is 17.9 Å². The Hall–Kier alpha value is -2.11. The number of esters is 3. The average molecular weight is 1030 g/mol. The fourth-order valence-electron chi connectivity index (χ4n) is 9.97. The first-order chi connectivity index (χ1) is 36.0. The van der Waals surface area contributed by atoms with Gasteiger partial charge in [0.05, 0.1) is 0 Å². The molecule has 0 N–H and O–H groups in total. The largest absolute Gasteiger partial charge is 0.462 e. The topological polar surface area (TPSA) is 78.9 Å². The van der Waals surface area contributed by atoms with Gasteiger partial charge in [-0.1, -0.05) is 302 Å². The van der Waals surface area contributed by atoms with E-state index in [2.05, 4.69) is 45.1 Å². The maximum atomic E-state index is 12.9. The van der Waals surface area contributed by atoms with Crippen molar-refractivity contribution < 1.29 is 28.6 Å². The number of hydrogen-bond donors (Lipinski definition) is 0. The molecule has 73 heavy (non-hydrogen) atoms. The first-order valence-corrected chi connectivity index (χ1v) is 32.8. The second kappa shape index (κ2) is 62.4. The molecule has 6 nitrogen and oxygen atoms in total. The molecule has 0 aromatic heterocycles. The molecule has 430 valence electrons. The van der Waals surface area contributed by atoms with E-state index in [0.717, 1.165) is 64.2 Å². The second-order valence-corrected chi connectivity index (χ2v) is 22.4. The van der Waals surface area contributed by atoms with Crippen LogP contribution in [0.15, 0.2) is 24.3 Å². The van der Waals surface area contributed by atoms with Crippen LogP contribution in [-0.4, -0.2) is 37.2 Å². The summed E-state index contributed by atoms with van der Waals surface area (Å²) in [6.45, 7) is 6.68. The number of ether oxygens (including phenoxy) is 3. The van der Waals surface area contributed by atoms with E-state index in [4.69, 9.17) is 14.2 Å². The van der Waals surface area contributed by atoms with Gasteiger partial charge in [-0.15, -0.1) is 0 Å². The minimum Gasteiger partial charge on any atom is -0.462 e. The maximum absolute atomic E-state index is 12.9. The van der Waals surface area contributed by atoms with Crippen molar-refractivity contribution in [2.45, 2.75) is 374 Å². The molecule has 0 aliphatic heterocycles. The normalized spacial score (nSPS) is 12.1. The highest BCUT2D eigenvalue weighted by Crippen LogP contribution is 2.18. The zero-order chi connectivity index (χ0) is 52.9. The van der Waals surface area contributed by atoms with E-state index >= 15 is 0 Å². The molecule has 0 radical (unpaired) electrons. The van der Waals surface area contributed by atoms with Gasteiger partial charge in [0.2, 0.25) is 0 Å². The van der Waals surface area contributed by atoms with Gasteiger partial charge in [-0.05, 0) is 70.6 Å². The van der Waals surface area contributed by atoms with Crippen molar-refractivity contribution in [1.82, 2.24) is 0 Å². The van der Waals surface area contributed by atoms with Crippen molar-refractivity contribution in [2.75, 3.05) is 13.2 Å². The fourth-order valence-corrected chi connectivity index (χ4v) is 9.97. The van der Waals surface area contributed by atoms with Crippen LogP contribution in [0.5, 0.6) is 0 Å². The SMILES string of the molecule is CCCCCCCCC/C=C\CCCCCCCC(=O)OC(COC(=O)CCCCCCCCCCCC)COC(=O)CCCCCCCCCCCCCCCCCCC/C=C\CCCCCCCCCC. The predicted octanol–water partition coefficient (Wildman–Crippen LogP) is 22.2. The molecule has 0 aliphatic carbocycles. The Morgan fingerprint density at radius 1 is 0.260 bits per heavy atom. The van der Waals surface area contributed by atoms with E-state index < -0.39 is 6.10 Å². The van der Waals surface area contributed by atoms with E-state index in [1.165, 1.54) is 263 Å². The third-order valence-corrected chi connectivity index (χ3v) is 14.9. The second-order valence-electron chi connectivity index (χ2n) is 22.4. The van der Waals surface area contributed by atoms with Crippen LogP contribution in [0.1, 0.15) is 367 Å². The van der Waals surface area contributed by atoms with Gasteiger partial charge in [-0.2, -0.15) is 0 Å². The summed E-state index contributed by atoms with van der Waals surface area (Å²) in [5, 5.41) is 0. The van der Waals surface area contributed by atoms with E-state index in [1.54, 1.807) is 0 Å². The van der Waals surface area contributed by atoms with Gasteiger partial charge in [0.15, 0.2) is 6.10 Å². The molecule has 0 amide bonds. The van der Waals surface area contributed by atoms with E-state index in [-0.39, 0.29) is 31.1 Å². The van der Waals surface area contributed by atoms with Gasteiger partial charge in [-0.3, -0.25) is 14.4 Å². The Bertz CT molecular complexity index is 1180. The van der Waals surface area contributed by atoms with Gasteiger partial charge in [0, 0.05) is 19.3 Å². The highest BCUT2D eigenvalue weighted by atomic mass is 16.6. The van der Waals surface area contributed by atoms with Crippen molar-refractivity contribution in [3.8, 4) is 0 Å². The number of unbranched alkanes of at least 4 members (excludes halogenated alkanes) is 46. The Morgan fingerprint density at radius 2 is 0.452 bits per heavy atom. The Labute approximate surface area is 455 Å². The summed E-state index contributed by atoms with van der Waals surface area (Å²) in [6.07, 6.45) is 74.9. The van der Waals surface area contributed by atoms with Crippen molar-refractivity contribution in [3.63, 3.8) is 0 Å². The third kappa shape index (κ3) is 60.6. The molecule has 0 rings (SSSR count). The summed E-state index contributed by atoms with van der Waals surface area (Å²) < 4.78 is 16.9. The van der Waals surface area contributed by atoms with Crippen LogP contribution in [0, 0.1) is 0 Å². The first-order valence-electron chi connectivity index (χ1n) is 32.8. The predicted molar refractivity (Wildman–Crippen MR) is 316 cm³/mol. The summed E-state index contributed by atoms with van der Waals surface area (Å²) in [5.74, 6) is -0.855. The zero-order valence-corrected chi connectivity index (χ0v) is 49.4. The van der Waals surface area contributed by atoms with Crippen LogP contribution >= 0.6 is 0 Å². The van der Waals surface area contributed by atoms with Crippen molar-refractivity contribution in [2.24, 2.45) is 0 Å². The molecule has 0 saturated carbocycles. The van der Waals surface area contributed by atoms with Gasteiger partial charge in [0.25, 0.3) is 0 Å². The van der Waals surface area contributed by atoms with Crippen LogP contribution in [-0.2, 0) is 28.6 Å². The highest BCUT2D eigenvalue weighted by Gasteiger charge is 2.19. The van der Waals surface area contributed by atoms with Gasteiger partial charge < -0.3 is 14.2 Å². The fraction of sp³-hybridized carbons (Fsp3) is 0.896. The standard InChI is InChI=1S/C67H126O6/c1-4-7-10-13-16-19-22-24-26-28-29-30-31-32-33-34-35-36-37-38-39-40-42-43-45-48-51-54-57-60-66(69)72-63-64(62-71-65(68)59-56-53-50-47-21-18-15-12-9-6-3)73-67(70)61-58-55-52-49-46-44-41-27-25-23-20-17-14-11-8-5-2/h27-29,41,64H,4-26,30-40,42-63H2,1-3H3/b29-28-,41-27-. The van der Waals surface area contributed by atoms with E-state index in [9.17, 15) is 14.4 Å². The molecule has 0 bridgehead atoms. The average Bonchev–Trinajstić information content (AvgIpc) is 3.39. The smallest absolute Gasteiger partial charge is 0.306 e. The number of carbonyl (C=O) groups excluding carboxylic acids is 3. The molecular formula is C67H126O6. The van der Waals surface area contributed by atoms with Crippen LogP contribution in [0.2, 0.25) is 0 Å². The lowest BCUT2D eigenvalue weighted by molar-refractivity contribution is -0.167. The lowest BCUT2D eigenvalue weighted by Crippen LogP contribution is -2.30. The van der Waals surface area contributed by atoms with Crippen molar-refractivity contribution >= 4 is 17.9 Å². The number of rotatable bonds is 61. The molecule has 0 aromatic carbocycles. The molecule has 1 unspecified atom stereocenters. The van der Waals surface area contributed by atoms with Crippen LogP contribution in [0.4, 0.5) is 0 Å². The Morgan fingerprint density at radius 3 is 0.685 bits per heavy atom. The molecule has 0 aromatic rings. The van der Waals surface area contributed by atoms with Crippen LogP contribution in [0.3, 0.4) is 0 Å². The quantitative estimate of drug-likeness (QED) is 0.0261. The van der Waals surface area contributed by atoms with Gasteiger partial charge in [-0.25, -0.2) is 0 Å². The molecule has 0 spiro atoms. The van der Waals surface area contributed by atoms with E-state index in [0.29, 0.717) is 19.3 Å². The van der Waals surface area contributed by atoms with Crippen LogP contribution < -0.4 is 0 Å². The highest BCUT2D eigenvalue weighted by molar-refractivity contribution is 5.71. The minimum atomic E-state index is -0.771. The van der Waals surface area contributed by atoms with Crippen molar-refractivity contribution in [1.29, 1.82) is 0 Å². The maximum Gasteiger partial charge on any atom is 0.306 e. The summed E-state index contributed by atoms with van der Waals surface area (Å²) in [4.78, 5) is 38.2. The Kier molecular flexibility index (Phi) is 60.6. The summed E-state index contributed by atoms with van der Waals surface area (Å²) in [7, 11) is 0. The Balaban J connectivity index is 4.10. The lowest BCUT2D eigenvalue weighted by atomic mass is 10.0. The molecule has 0 aliphatic rings. The summed E-state index contributed by atoms with van der Waals surface area (Å²) >= 11 is 0. The monoisotopic (exact) mass is 1030 g/mol. The third-order valence-electron chi connectivity index (χ3n) is 14.9.